The number of sulfonamides is 1. The summed E-state index contributed by atoms with van der Waals surface area (Å²) in [4.78, 5) is 29.2. The standard InChI is InChI=1S/C24H31N3O4S/c1-17-7-6-8-19(15-17)25-32(30,31)20-10-9-18(2)21(16-20)22(28)26-11-13-27(14-12-26)23(29)24(3,4)5/h6-10,15-16,25H,11-14H2,1-5H3. The molecule has 3 rings (SSSR count). The maximum atomic E-state index is 13.2. The Hall–Kier alpha value is -2.87. The second kappa shape index (κ2) is 8.94. The number of carbonyl (C=O) groups is 2. The fraction of sp³-hybridized carbons (Fsp3) is 0.417. The molecule has 0 spiro atoms. The van der Waals surface area contributed by atoms with Crippen LogP contribution in [-0.4, -0.2) is 56.2 Å². The summed E-state index contributed by atoms with van der Waals surface area (Å²) in [5.41, 5.74) is 2.01. The van der Waals surface area contributed by atoms with E-state index >= 15 is 0 Å². The van der Waals surface area contributed by atoms with E-state index in [1.165, 1.54) is 12.1 Å². The van der Waals surface area contributed by atoms with Crippen molar-refractivity contribution in [3.8, 4) is 0 Å². The van der Waals surface area contributed by atoms with Crippen molar-refractivity contribution in [3.05, 3.63) is 59.2 Å². The van der Waals surface area contributed by atoms with Crippen LogP contribution in [0.2, 0.25) is 0 Å². The third kappa shape index (κ3) is 5.30. The van der Waals surface area contributed by atoms with Crippen LogP contribution in [0.25, 0.3) is 0 Å². The highest BCUT2D eigenvalue weighted by Gasteiger charge is 2.31. The number of anilines is 1. The van der Waals surface area contributed by atoms with E-state index in [1.54, 1.807) is 41.0 Å². The number of benzene rings is 2. The molecule has 0 unspecified atom stereocenters. The minimum Gasteiger partial charge on any atom is -0.339 e. The molecule has 172 valence electrons. The molecule has 32 heavy (non-hydrogen) atoms. The first-order valence-electron chi connectivity index (χ1n) is 10.7. The molecule has 0 atom stereocenters. The van der Waals surface area contributed by atoms with Crippen molar-refractivity contribution < 1.29 is 18.0 Å². The van der Waals surface area contributed by atoms with Gasteiger partial charge in [0.05, 0.1) is 4.90 Å². The largest absolute Gasteiger partial charge is 0.339 e. The molecule has 1 N–H and O–H groups in total. The van der Waals surface area contributed by atoms with Gasteiger partial charge in [-0.05, 0) is 49.2 Å². The number of carbonyl (C=O) groups excluding carboxylic acids is 2. The summed E-state index contributed by atoms with van der Waals surface area (Å²) in [5, 5.41) is 0. The van der Waals surface area contributed by atoms with Gasteiger partial charge >= 0.3 is 0 Å². The summed E-state index contributed by atoms with van der Waals surface area (Å²) < 4.78 is 28.4. The van der Waals surface area contributed by atoms with E-state index in [1.807, 2.05) is 33.8 Å². The third-order valence-electron chi connectivity index (χ3n) is 5.52. The molecule has 2 amide bonds. The lowest BCUT2D eigenvalue weighted by Crippen LogP contribution is -2.53. The van der Waals surface area contributed by atoms with E-state index in [-0.39, 0.29) is 16.7 Å². The summed E-state index contributed by atoms with van der Waals surface area (Å²) in [7, 11) is -3.84. The topological polar surface area (TPSA) is 86.8 Å². The van der Waals surface area contributed by atoms with Gasteiger partial charge in [-0.25, -0.2) is 8.42 Å². The zero-order valence-corrected chi connectivity index (χ0v) is 20.1. The van der Waals surface area contributed by atoms with E-state index in [0.29, 0.717) is 43.0 Å². The average molecular weight is 458 g/mol. The fourth-order valence-corrected chi connectivity index (χ4v) is 4.75. The number of aryl methyl sites for hydroxylation is 2. The number of amides is 2. The molecule has 1 aliphatic heterocycles. The number of hydrogen-bond donors (Lipinski definition) is 1. The highest BCUT2D eigenvalue weighted by Crippen LogP contribution is 2.23. The molecular weight excluding hydrogens is 426 g/mol. The van der Waals surface area contributed by atoms with Gasteiger partial charge in [-0.2, -0.15) is 0 Å². The van der Waals surface area contributed by atoms with Crippen molar-refractivity contribution in [2.75, 3.05) is 30.9 Å². The smallest absolute Gasteiger partial charge is 0.261 e. The molecule has 0 saturated carbocycles. The second-order valence-corrected chi connectivity index (χ2v) is 11.0. The van der Waals surface area contributed by atoms with Crippen LogP contribution in [0, 0.1) is 19.3 Å². The lowest BCUT2D eigenvalue weighted by Gasteiger charge is -2.37. The summed E-state index contributed by atoms with van der Waals surface area (Å²) >= 11 is 0. The van der Waals surface area contributed by atoms with Gasteiger partial charge in [0.15, 0.2) is 0 Å². The lowest BCUT2D eigenvalue weighted by molar-refractivity contribution is -0.140. The molecule has 2 aromatic rings. The summed E-state index contributed by atoms with van der Waals surface area (Å²) in [6.07, 6.45) is 0. The van der Waals surface area contributed by atoms with Crippen LogP contribution in [-0.2, 0) is 14.8 Å². The van der Waals surface area contributed by atoms with Gasteiger partial charge in [0.2, 0.25) is 5.91 Å². The Balaban J connectivity index is 1.77. The molecule has 1 aliphatic rings. The van der Waals surface area contributed by atoms with Crippen molar-refractivity contribution in [3.63, 3.8) is 0 Å². The van der Waals surface area contributed by atoms with Crippen LogP contribution >= 0.6 is 0 Å². The predicted molar refractivity (Wildman–Crippen MR) is 125 cm³/mol. The van der Waals surface area contributed by atoms with Crippen LogP contribution in [0.3, 0.4) is 0 Å². The SMILES string of the molecule is Cc1cccc(NS(=O)(=O)c2ccc(C)c(C(=O)N3CCN(C(=O)C(C)(C)C)CC3)c2)c1. The van der Waals surface area contributed by atoms with Crippen LogP contribution in [0.15, 0.2) is 47.4 Å². The van der Waals surface area contributed by atoms with Gasteiger partial charge in [0, 0.05) is 42.8 Å². The number of hydrogen-bond acceptors (Lipinski definition) is 4. The lowest BCUT2D eigenvalue weighted by atomic mass is 9.94. The van der Waals surface area contributed by atoms with Gasteiger partial charge in [-0.15, -0.1) is 0 Å². The molecular formula is C24H31N3O4S. The summed E-state index contributed by atoms with van der Waals surface area (Å²) in [5.74, 6) is -0.158. The quantitative estimate of drug-likeness (QED) is 0.762. The van der Waals surface area contributed by atoms with E-state index in [0.717, 1.165) is 5.56 Å². The van der Waals surface area contributed by atoms with Crippen molar-refractivity contribution in [2.24, 2.45) is 5.41 Å². The molecule has 1 saturated heterocycles. The Morgan fingerprint density at radius 2 is 1.53 bits per heavy atom. The molecule has 1 heterocycles. The first-order valence-corrected chi connectivity index (χ1v) is 12.2. The van der Waals surface area contributed by atoms with Gasteiger partial charge in [0.1, 0.15) is 0 Å². The summed E-state index contributed by atoms with van der Waals surface area (Å²) in [6.45, 7) is 11.1. The van der Waals surface area contributed by atoms with Gasteiger partial charge < -0.3 is 9.80 Å². The Labute approximate surface area is 190 Å². The molecule has 7 nitrogen and oxygen atoms in total. The minimum absolute atomic E-state index is 0.0366. The molecule has 0 bridgehead atoms. The highest BCUT2D eigenvalue weighted by molar-refractivity contribution is 7.92. The molecule has 0 radical (unpaired) electrons. The summed E-state index contributed by atoms with van der Waals surface area (Å²) in [6, 6.07) is 11.7. The van der Waals surface area contributed by atoms with Gasteiger partial charge in [-0.3, -0.25) is 14.3 Å². The Kier molecular flexibility index (Phi) is 6.64. The fourth-order valence-electron chi connectivity index (χ4n) is 3.68. The second-order valence-electron chi connectivity index (χ2n) is 9.29. The van der Waals surface area contributed by atoms with Crippen molar-refractivity contribution in [1.82, 2.24) is 9.80 Å². The Morgan fingerprint density at radius 3 is 2.12 bits per heavy atom. The highest BCUT2D eigenvalue weighted by atomic mass is 32.2. The molecule has 8 heteroatoms. The monoisotopic (exact) mass is 457 g/mol. The normalized spacial score (nSPS) is 14.9. The minimum atomic E-state index is -3.84. The van der Waals surface area contributed by atoms with Gasteiger partial charge in [-0.1, -0.05) is 39.0 Å². The zero-order chi connectivity index (χ0) is 23.7. The van der Waals surface area contributed by atoms with Crippen LogP contribution in [0.4, 0.5) is 5.69 Å². The predicted octanol–water partition coefficient (Wildman–Crippen LogP) is 3.43. The Morgan fingerprint density at radius 1 is 0.906 bits per heavy atom. The van der Waals surface area contributed by atoms with E-state index < -0.39 is 15.4 Å². The maximum Gasteiger partial charge on any atom is 0.261 e. The van der Waals surface area contributed by atoms with Gasteiger partial charge in [0.25, 0.3) is 15.9 Å². The van der Waals surface area contributed by atoms with Crippen LogP contribution in [0.5, 0.6) is 0 Å². The number of nitrogens with one attached hydrogen (secondary N) is 1. The maximum absolute atomic E-state index is 13.2. The number of rotatable bonds is 4. The first-order chi connectivity index (χ1) is 14.9. The van der Waals surface area contributed by atoms with E-state index in [9.17, 15) is 18.0 Å². The molecule has 0 aliphatic carbocycles. The average Bonchev–Trinajstić information content (AvgIpc) is 2.72. The van der Waals surface area contributed by atoms with Crippen molar-refractivity contribution in [2.45, 2.75) is 39.5 Å². The Bertz CT molecular complexity index is 1130. The van der Waals surface area contributed by atoms with E-state index in [2.05, 4.69) is 4.72 Å². The molecule has 1 fully saturated rings. The van der Waals surface area contributed by atoms with Crippen LogP contribution < -0.4 is 4.72 Å². The van der Waals surface area contributed by atoms with Crippen molar-refractivity contribution >= 4 is 27.5 Å². The zero-order valence-electron chi connectivity index (χ0n) is 19.3. The first kappa shape index (κ1) is 23.8. The number of piperazine rings is 1. The van der Waals surface area contributed by atoms with Crippen LogP contribution in [0.1, 0.15) is 42.3 Å². The van der Waals surface area contributed by atoms with Crippen molar-refractivity contribution in [1.29, 1.82) is 0 Å². The third-order valence-corrected chi connectivity index (χ3v) is 6.89. The number of nitrogens with zero attached hydrogens (tertiary/aromatic N) is 2. The molecule has 2 aromatic carbocycles. The molecule has 0 aromatic heterocycles. The van der Waals surface area contributed by atoms with E-state index in [4.69, 9.17) is 0 Å².